The Kier molecular flexibility index (Phi) is 3.40. The van der Waals surface area contributed by atoms with Gasteiger partial charge in [-0.05, 0) is 25.3 Å². The van der Waals surface area contributed by atoms with Crippen molar-refractivity contribution in [3.63, 3.8) is 0 Å². The van der Waals surface area contributed by atoms with Gasteiger partial charge in [-0.15, -0.1) is 0 Å². The highest BCUT2D eigenvalue weighted by Crippen LogP contribution is 2.25. The van der Waals surface area contributed by atoms with E-state index in [0.717, 1.165) is 24.6 Å². The molecule has 0 bridgehead atoms. The van der Waals surface area contributed by atoms with Crippen LogP contribution in [-0.4, -0.2) is 43.3 Å². The molecule has 1 N–H and O–H groups in total. The van der Waals surface area contributed by atoms with Crippen LogP contribution in [0.2, 0.25) is 0 Å². The van der Waals surface area contributed by atoms with Gasteiger partial charge in [0.15, 0.2) is 0 Å². The molecule has 3 heterocycles. The van der Waals surface area contributed by atoms with E-state index in [1.807, 2.05) is 30.1 Å². The lowest BCUT2D eigenvalue weighted by atomic mass is 9.91. The third-order valence-electron chi connectivity index (χ3n) is 3.78. The molecule has 6 heteroatoms. The van der Waals surface area contributed by atoms with E-state index in [1.165, 1.54) is 0 Å². The Hall–Kier alpha value is -1.95. The van der Waals surface area contributed by atoms with Crippen LogP contribution in [0.25, 0.3) is 0 Å². The SMILES string of the molecule is Cc1cnc(N2CCC(O)(Cn3ccnc3)CC2)nc1. The number of piperidine rings is 1. The molecule has 0 amide bonds. The van der Waals surface area contributed by atoms with E-state index < -0.39 is 5.60 Å². The van der Waals surface area contributed by atoms with Crippen LogP contribution in [0.15, 0.2) is 31.1 Å². The molecule has 0 atom stereocenters. The first-order chi connectivity index (χ1) is 9.65. The summed E-state index contributed by atoms with van der Waals surface area (Å²) < 4.78 is 1.93. The minimum absolute atomic E-state index is 0.593. The molecule has 0 aliphatic carbocycles. The molecule has 3 rings (SSSR count). The van der Waals surface area contributed by atoms with E-state index >= 15 is 0 Å². The Morgan fingerprint density at radius 2 is 1.95 bits per heavy atom. The molecule has 0 aromatic carbocycles. The summed E-state index contributed by atoms with van der Waals surface area (Å²) in [5, 5.41) is 10.6. The molecule has 6 nitrogen and oxygen atoms in total. The van der Waals surface area contributed by atoms with Crippen molar-refractivity contribution < 1.29 is 5.11 Å². The second-order valence-electron chi connectivity index (χ2n) is 5.51. The maximum absolute atomic E-state index is 10.6. The highest BCUT2D eigenvalue weighted by Gasteiger charge is 2.33. The molecule has 1 aliphatic heterocycles. The smallest absolute Gasteiger partial charge is 0.225 e. The van der Waals surface area contributed by atoms with Gasteiger partial charge in [0, 0.05) is 37.9 Å². The van der Waals surface area contributed by atoms with Gasteiger partial charge in [0.25, 0.3) is 0 Å². The zero-order valence-electron chi connectivity index (χ0n) is 11.6. The van der Waals surface area contributed by atoms with Crippen LogP contribution in [0, 0.1) is 6.92 Å². The number of aliphatic hydroxyl groups is 1. The van der Waals surface area contributed by atoms with Gasteiger partial charge in [-0.1, -0.05) is 0 Å². The van der Waals surface area contributed by atoms with Crippen LogP contribution in [0.5, 0.6) is 0 Å². The van der Waals surface area contributed by atoms with Gasteiger partial charge in [-0.3, -0.25) is 0 Å². The molecule has 0 radical (unpaired) electrons. The first-order valence-corrected chi connectivity index (χ1v) is 6.86. The minimum Gasteiger partial charge on any atom is -0.388 e. The lowest BCUT2D eigenvalue weighted by Gasteiger charge is -2.38. The van der Waals surface area contributed by atoms with E-state index in [4.69, 9.17) is 0 Å². The van der Waals surface area contributed by atoms with Crippen molar-refractivity contribution in [2.45, 2.75) is 31.9 Å². The number of hydrogen-bond acceptors (Lipinski definition) is 5. The van der Waals surface area contributed by atoms with E-state index in [9.17, 15) is 5.11 Å². The van der Waals surface area contributed by atoms with Crippen molar-refractivity contribution in [2.24, 2.45) is 0 Å². The Labute approximate surface area is 118 Å². The minimum atomic E-state index is -0.665. The third-order valence-corrected chi connectivity index (χ3v) is 3.78. The average Bonchev–Trinajstić information content (AvgIpc) is 2.93. The number of nitrogens with zero attached hydrogens (tertiary/aromatic N) is 5. The number of aryl methyl sites for hydroxylation is 1. The lowest BCUT2D eigenvalue weighted by Crippen LogP contribution is -2.47. The van der Waals surface area contributed by atoms with Crippen LogP contribution >= 0.6 is 0 Å². The predicted octanol–water partition coefficient (Wildman–Crippen LogP) is 1.01. The number of aromatic nitrogens is 4. The molecular formula is C14H19N5O. The maximum atomic E-state index is 10.6. The van der Waals surface area contributed by atoms with E-state index in [-0.39, 0.29) is 0 Å². The average molecular weight is 273 g/mol. The quantitative estimate of drug-likeness (QED) is 0.904. The van der Waals surface area contributed by atoms with E-state index in [0.29, 0.717) is 19.4 Å². The highest BCUT2D eigenvalue weighted by molar-refractivity contribution is 5.30. The van der Waals surface area contributed by atoms with Crippen molar-refractivity contribution in [3.8, 4) is 0 Å². The molecule has 2 aromatic heterocycles. The summed E-state index contributed by atoms with van der Waals surface area (Å²) in [5.41, 5.74) is 0.393. The first kappa shape index (κ1) is 13.1. The molecule has 1 aliphatic rings. The van der Waals surface area contributed by atoms with Crippen LogP contribution in [0.1, 0.15) is 18.4 Å². The van der Waals surface area contributed by atoms with Crippen LogP contribution in [0.4, 0.5) is 5.95 Å². The topological polar surface area (TPSA) is 67.1 Å². The van der Waals surface area contributed by atoms with E-state index in [2.05, 4.69) is 19.9 Å². The second-order valence-corrected chi connectivity index (χ2v) is 5.51. The normalized spacial score (nSPS) is 18.2. The van der Waals surface area contributed by atoms with Gasteiger partial charge < -0.3 is 14.6 Å². The fourth-order valence-corrected chi connectivity index (χ4v) is 2.55. The van der Waals surface area contributed by atoms with Gasteiger partial charge in [0.2, 0.25) is 5.95 Å². The molecule has 0 saturated carbocycles. The first-order valence-electron chi connectivity index (χ1n) is 6.86. The second kappa shape index (κ2) is 5.20. The van der Waals surface area contributed by atoms with Crippen LogP contribution < -0.4 is 4.90 Å². The number of rotatable bonds is 3. The van der Waals surface area contributed by atoms with Gasteiger partial charge in [0.05, 0.1) is 18.5 Å². The zero-order chi connectivity index (χ0) is 14.0. The fourth-order valence-electron chi connectivity index (χ4n) is 2.55. The Balaban J connectivity index is 1.62. The van der Waals surface area contributed by atoms with Gasteiger partial charge >= 0.3 is 0 Å². The standard InChI is InChI=1S/C14H19N5O/c1-12-8-16-13(17-9-12)19-5-2-14(20,3-6-19)10-18-7-4-15-11-18/h4,7-9,11,20H,2-3,5-6,10H2,1H3. The number of imidazole rings is 1. The predicted molar refractivity (Wildman–Crippen MR) is 75.4 cm³/mol. The summed E-state index contributed by atoms with van der Waals surface area (Å²) in [6.45, 7) is 4.11. The van der Waals surface area contributed by atoms with Crippen molar-refractivity contribution in [1.29, 1.82) is 0 Å². The van der Waals surface area contributed by atoms with Gasteiger partial charge in [-0.25, -0.2) is 15.0 Å². The Morgan fingerprint density at radius 3 is 2.55 bits per heavy atom. The molecule has 1 fully saturated rings. The summed E-state index contributed by atoms with van der Waals surface area (Å²) >= 11 is 0. The molecule has 2 aromatic rings. The van der Waals surface area contributed by atoms with Crippen molar-refractivity contribution >= 4 is 5.95 Å². The van der Waals surface area contributed by atoms with Crippen LogP contribution in [0.3, 0.4) is 0 Å². The van der Waals surface area contributed by atoms with Crippen LogP contribution in [-0.2, 0) is 6.54 Å². The molecular weight excluding hydrogens is 254 g/mol. The largest absolute Gasteiger partial charge is 0.388 e. The molecule has 0 spiro atoms. The summed E-state index contributed by atoms with van der Waals surface area (Å²) in [6, 6.07) is 0. The maximum Gasteiger partial charge on any atom is 0.225 e. The van der Waals surface area contributed by atoms with Crippen molar-refractivity contribution in [3.05, 3.63) is 36.7 Å². The monoisotopic (exact) mass is 273 g/mol. The molecule has 0 unspecified atom stereocenters. The summed E-state index contributed by atoms with van der Waals surface area (Å²) in [5.74, 6) is 0.750. The summed E-state index contributed by atoms with van der Waals surface area (Å²) in [4.78, 5) is 14.8. The molecule has 20 heavy (non-hydrogen) atoms. The summed E-state index contributed by atoms with van der Waals surface area (Å²) in [7, 11) is 0. The lowest BCUT2D eigenvalue weighted by molar-refractivity contribution is -0.000295. The van der Waals surface area contributed by atoms with E-state index in [1.54, 1.807) is 12.5 Å². The third kappa shape index (κ3) is 2.80. The number of anilines is 1. The fraction of sp³-hybridized carbons (Fsp3) is 0.500. The molecule has 1 saturated heterocycles. The Morgan fingerprint density at radius 1 is 1.25 bits per heavy atom. The van der Waals surface area contributed by atoms with Gasteiger partial charge in [-0.2, -0.15) is 0 Å². The van der Waals surface area contributed by atoms with Crippen molar-refractivity contribution in [2.75, 3.05) is 18.0 Å². The number of hydrogen-bond donors (Lipinski definition) is 1. The zero-order valence-corrected chi connectivity index (χ0v) is 11.6. The molecule has 106 valence electrons. The highest BCUT2D eigenvalue weighted by atomic mass is 16.3. The Bertz CT molecular complexity index is 543. The summed E-state index contributed by atoms with van der Waals surface area (Å²) in [6.07, 6.45) is 10.4. The van der Waals surface area contributed by atoms with Crippen molar-refractivity contribution in [1.82, 2.24) is 19.5 Å². The van der Waals surface area contributed by atoms with Gasteiger partial charge in [0.1, 0.15) is 0 Å².